The molecule has 1 aromatic carbocycles. The first kappa shape index (κ1) is 23.5. The molecule has 0 spiro atoms. The summed E-state index contributed by atoms with van der Waals surface area (Å²) in [5.74, 6) is 0.591. The number of nitrogens with one attached hydrogen (secondary N) is 1. The highest BCUT2D eigenvalue weighted by Crippen LogP contribution is 2.39. The molecule has 3 N–H and O–H groups in total. The number of thioether (sulfide) groups is 1. The summed E-state index contributed by atoms with van der Waals surface area (Å²) in [6.07, 6.45) is 4.48. The molecule has 3 aromatic rings. The Morgan fingerprint density at radius 2 is 2.24 bits per heavy atom. The number of carbonyl (C=O) groups excluding carboxylic acids is 2. The van der Waals surface area contributed by atoms with Crippen molar-refractivity contribution in [2.75, 3.05) is 11.1 Å². The molecule has 0 aliphatic heterocycles. The monoisotopic (exact) mass is 501 g/mol. The van der Waals surface area contributed by atoms with Gasteiger partial charge in [-0.25, -0.2) is 0 Å². The summed E-state index contributed by atoms with van der Waals surface area (Å²) in [4.78, 5) is 26.0. The number of halogens is 1. The van der Waals surface area contributed by atoms with Crippen molar-refractivity contribution in [2.45, 2.75) is 37.9 Å². The maximum absolute atomic E-state index is 12.8. The molecule has 0 saturated carbocycles. The van der Waals surface area contributed by atoms with Crippen molar-refractivity contribution in [1.29, 1.82) is 0 Å². The topological polar surface area (TPSA) is 103 Å². The number of benzene rings is 1. The number of allylic oxidation sites excluding steroid dienone is 1. The summed E-state index contributed by atoms with van der Waals surface area (Å²) in [5, 5.41) is 13.2. The Morgan fingerprint density at radius 3 is 2.97 bits per heavy atom. The molecule has 2 heterocycles. The second-order valence-corrected chi connectivity index (χ2v) is 10.5. The van der Waals surface area contributed by atoms with Gasteiger partial charge in [-0.15, -0.1) is 28.1 Å². The van der Waals surface area contributed by atoms with Gasteiger partial charge in [0.25, 0.3) is 5.91 Å². The zero-order valence-corrected chi connectivity index (χ0v) is 20.5. The number of nitrogens with zero attached hydrogens (tertiary/aromatic N) is 3. The van der Waals surface area contributed by atoms with Crippen LogP contribution in [0.3, 0.4) is 0 Å². The Morgan fingerprint density at radius 1 is 1.42 bits per heavy atom. The highest BCUT2D eigenvalue weighted by atomic mass is 35.5. The SMILES string of the molecule is C=CCn1c(SCC(=O)Nc2sc3c(c2C(N)=O)CCC(C)C3)nnc1-c1cccc(Cl)c1. The lowest BCUT2D eigenvalue weighted by molar-refractivity contribution is -0.113. The normalized spacial score (nSPS) is 15.2. The van der Waals surface area contributed by atoms with Crippen LogP contribution in [0.15, 0.2) is 42.1 Å². The number of carbonyl (C=O) groups is 2. The van der Waals surface area contributed by atoms with Gasteiger partial charge in [0.05, 0.1) is 11.3 Å². The van der Waals surface area contributed by atoms with Gasteiger partial charge in [-0.05, 0) is 42.9 Å². The van der Waals surface area contributed by atoms with Gasteiger partial charge in [0.2, 0.25) is 5.91 Å². The lowest BCUT2D eigenvalue weighted by atomic mass is 9.88. The van der Waals surface area contributed by atoms with Crippen molar-refractivity contribution < 1.29 is 9.59 Å². The Kier molecular flexibility index (Phi) is 7.21. The van der Waals surface area contributed by atoms with E-state index in [-0.39, 0.29) is 11.7 Å². The summed E-state index contributed by atoms with van der Waals surface area (Å²) in [6.45, 7) is 6.49. The lowest BCUT2D eigenvalue weighted by Gasteiger charge is -2.18. The number of aromatic nitrogens is 3. The number of thiophene rings is 1. The summed E-state index contributed by atoms with van der Waals surface area (Å²) < 4.78 is 1.89. The van der Waals surface area contributed by atoms with E-state index < -0.39 is 5.91 Å². The molecule has 0 radical (unpaired) electrons. The molecule has 172 valence electrons. The number of amides is 2. The second-order valence-electron chi connectivity index (χ2n) is 7.97. The summed E-state index contributed by atoms with van der Waals surface area (Å²) in [5.41, 5.74) is 7.93. The van der Waals surface area contributed by atoms with Crippen molar-refractivity contribution >= 4 is 51.5 Å². The minimum absolute atomic E-state index is 0.113. The van der Waals surface area contributed by atoms with Crippen LogP contribution in [0.4, 0.5) is 5.00 Å². The maximum Gasteiger partial charge on any atom is 0.251 e. The molecule has 0 fully saturated rings. The number of hydrogen-bond acceptors (Lipinski definition) is 6. The van der Waals surface area contributed by atoms with Crippen LogP contribution in [-0.2, 0) is 24.2 Å². The molecule has 1 aliphatic carbocycles. The van der Waals surface area contributed by atoms with E-state index in [0.717, 1.165) is 35.3 Å². The first-order chi connectivity index (χ1) is 15.9. The van der Waals surface area contributed by atoms with Gasteiger partial charge in [-0.3, -0.25) is 14.2 Å². The lowest BCUT2D eigenvalue weighted by Crippen LogP contribution is -2.20. The fraction of sp³-hybridized carbons (Fsp3) is 0.304. The molecule has 0 saturated heterocycles. The first-order valence-corrected chi connectivity index (χ1v) is 12.7. The van der Waals surface area contributed by atoms with E-state index in [1.54, 1.807) is 12.1 Å². The Labute approximate surface area is 205 Å². The minimum atomic E-state index is -0.498. The summed E-state index contributed by atoms with van der Waals surface area (Å²) >= 11 is 8.85. The third-order valence-corrected chi connectivity index (χ3v) is 7.83. The number of anilines is 1. The fourth-order valence-electron chi connectivity index (χ4n) is 3.92. The van der Waals surface area contributed by atoms with Crippen LogP contribution in [0.2, 0.25) is 5.02 Å². The molecule has 0 bridgehead atoms. The van der Waals surface area contributed by atoms with Crippen molar-refractivity contribution in [3.05, 3.63) is 57.9 Å². The molecule has 1 unspecified atom stereocenters. The number of rotatable bonds is 8. The summed E-state index contributed by atoms with van der Waals surface area (Å²) in [7, 11) is 0. The largest absolute Gasteiger partial charge is 0.365 e. The van der Waals surface area contributed by atoms with Gasteiger partial charge >= 0.3 is 0 Å². The first-order valence-electron chi connectivity index (χ1n) is 10.5. The maximum atomic E-state index is 12.8. The average molecular weight is 502 g/mol. The Hall–Kier alpha value is -2.62. The smallest absolute Gasteiger partial charge is 0.251 e. The standard InChI is InChI=1S/C23H24ClN5O2S2/c1-3-9-29-21(14-5-4-6-15(24)11-14)27-28-23(29)32-12-18(30)26-22-19(20(25)31)16-8-7-13(2)10-17(16)33-22/h3-6,11,13H,1,7-10,12H2,2H3,(H2,25,31)(H,26,30). The Bertz CT molecular complexity index is 1220. The van der Waals surface area contributed by atoms with Crippen LogP contribution in [-0.4, -0.2) is 32.3 Å². The van der Waals surface area contributed by atoms with Crippen LogP contribution in [0, 0.1) is 5.92 Å². The molecular weight excluding hydrogens is 478 g/mol. The van der Waals surface area contributed by atoms with Crippen molar-refractivity contribution in [3.8, 4) is 11.4 Å². The number of hydrogen-bond donors (Lipinski definition) is 2. The molecule has 10 heteroatoms. The molecule has 2 aromatic heterocycles. The molecule has 2 amide bonds. The predicted octanol–water partition coefficient (Wildman–Crippen LogP) is 4.80. The average Bonchev–Trinajstić information content (AvgIpc) is 3.33. The number of primary amides is 1. The zero-order valence-electron chi connectivity index (χ0n) is 18.1. The second kappa shape index (κ2) is 10.1. The van der Waals surface area contributed by atoms with E-state index in [1.807, 2.05) is 22.8 Å². The van der Waals surface area contributed by atoms with Crippen molar-refractivity contribution in [2.24, 2.45) is 11.7 Å². The molecule has 33 heavy (non-hydrogen) atoms. The van der Waals surface area contributed by atoms with Crippen LogP contribution in [0.25, 0.3) is 11.4 Å². The number of fused-ring (bicyclic) bond motifs is 1. The van der Waals surface area contributed by atoms with Gasteiger partial charge in [0.1, 0.15) is 5.00 Å². The van der Waals surface area contributed by atoms with E-state index in [4.69, 9.17) is 17.3 Å². The van der Waals surface area contributed by atoms with Crippen LogP contribution in [0.5, 0.6) is 0 Å². The van der Waals surface area contributed by atoms with Crippen LogP contribution < -0.4 is 11.1 Å². The molecule has 1 aliphatic rings. The predicted molar refractivity (Wildman–Crippen MR) is 134 cm³/mol. The van der Waals surface area contributed by atoms with E-state index in [1.165, 1.54) is 23.1 Å². The third-order valence-electron chi connectivity index (χ3n) is 5.45. The quantitative estimate of drug-likeness (QED) is 0.341. The van der Waals surface area contributed by atoms with Gasteiger partial charge < -0.3 is 11.1 Å². The fourth-order valence-corrected chi connectivity index (χ4v) is 6.29. The van der Waals surface area contributed by atoms with E-state index >= 15 is 0 Å². The molecule has 1 atom stereocenters. The molecule has 4 rings (SSSR count). The van der Waals surface area contributed by atoms with Gasteiger partial charge in [-0.1, -0.05) is 48.5 Å². The van der Waals surface area contributed by atoms with Gasteiger partial charge in [-0.2, -0.15) is 0 Å². The summed E-state index contributed by atoms with van der Waals surface area (Å²) in [6, 6.07) is 7.36. The molecular formula is C23H24ClN5O2S2. The van der Waals surface area contributed by atoms with E-state index in [2.05, 4.69) is 29.0 Å². The van der Waals surface area contributed by atoms with Crippen molar-refractivity contribution in [1.82, 2.24) is 14.8 Å². The van der Waals surface area contributed by atoms with E-state index in [0.29, 0.717) is 39.0 Å². The minimum Gasteiger partial charge on any atom is -0.365 e. The van der Waals surface area contributed by atoms with Gasteiger partial charge in [0.15, 0.2) is 11.0 Å². The van der Waals surface area contributed by atoms with E-state index in [9.17, 15) is 9.59 Å². The van der Waals surface area contributed by atoms with Crippen molar-refractivity contribution in [3.63, 3.8) is 0 Å². The third kappa shape index (κ3) is 5.15. The highest BCUT2D eigenvalue weighted by molar-refractivity contribution is 7.99. The molecule has 7 nitrogen and oxygen atoms in total. The Balaban J connectivity index is 1.50. The number of nitrogens with two attached hydrogens (primary N) is 1. The highest BCUT2D eigenvalue weighted by Gasteiger charge is 2.27. The van der Waals surface area contributed by atoms with Crippen LogP contribution >= 0.6 is 34.7 Å². The van der Waals surface area contributed by atoms with Gasteiger partial charge in [0, 0.05) is 22.0 Å². The zero-order chi connectivity index (χ0) is 23.5. The van der Waals surface area contributed by atoms with Crippen LogP contribution in [0.1, 0.15) is 34.1 Å².